The van der Waals surface area contributed by atoms with E-state index in [0.29, 0.717) is 0 Å². The minimum atomic E-state index is -1.55. The van der Waals surface area contributed by atoms with Crippen LogP contribution in [0, 0.1) is 0 Å². The zero-order chi connectivity index (χ0) is 19.0. The number of aryl methyl sites for hydroxylation is 1. The summed E-state index contributed by atoms with van der Waals surface area (Å²) >= 11 is 0. The summed E-state index contributed by atoms with van der Waals surface area (Å²) in [5, 5.41) is 0. The van der Waals surface area contributed by atoms with Crippen molar-refractivity contribution in [2.24, 2.45) is 0 Å². The van der Waals surface area contributed by atoms with Crippen molar-refractivity contribution in [3.8, 4) is 0 Å². The molecule has 1 saturated heterocycles. The molecule has 2 heterocycles. The standard InChI is InChI=1S/C25H25FN2/c26-25(19-9-3-1-4-10-19,20-11-5-2-6-12-20)24-15-8-18-28(24)23-16-17-27-22-14-7-13-21(22)23/h1-6,9-12,16-17,24H,7-8,13-15,18H2/t24-/m0/s1. The number of anilines is 1. The van der Waals surface area contributed by atoms with Crippen LogP contribution in [0.5, 0.6) is 0 Å². The summed E-state index contributed by atoms with van der Waals surface area (Å²) in [7, 11) is 0. The van der Waals surface area contributed by atoms with E-state index in [9.17, 15) is 0 Å². The summed E-state index contributed by atoms with van der Waals surface area (Å²) in [5.41, 5.74) is 3.66. The van der Waals surface area contributed by atoms with Crippen LogP contribution in [0.4, 0.5) is 10.1 Å². The Kier molecular flexibility index (Phi) is 4.38. The van der Waals surface area contributed by atoms with Gasteiger partial charge in [-0.3, -0.25) is 4.98 Å². The Bertz CT molecular complexity index is 915. The highest BCUT2D eigenvalue weighted by Crippen LogP contribution is 2.46. The molecule has 1 atom stereocenters. The van der Waals surface area contributed by atoms with Crippen LogP contribution in [0.15, 0.2) is 72.9 Å². The molecule has 1 aliphatic heterocycles. The van der Waals surface area contributed by atoms with Crippen LogP contribution < -0.4 is 4.90 Å². The van der Waals surface area contributed by atoms with Gasteiger partial charge in [0.2, 0.25) is 0 Å². The molecule has 0 unspecified atom stereocenters. The molecule has 2 aromatic carbocycles. The predicted molar refractivity (Wildman–Crippen MR) is 111 cm³/mol. The lowest BCUT2D eigenvalue weighted by molar-refractivity contribution is 0.177. The lowest BCUT2D eigenvalue weighted by Gasteiger charge is -2.39. The van der Waals surface area contributed by atoms with E-state index in [0.717, 1.165) is 49.8 Å². The highest BCUT2D eigenvalue weighted by atomic mass is 19.1. The average Bonchev–Trinajstić information content (AvgIpc) is 3.44. The van der Waals surface area contributed by atoms with Gasteiger partial charge in [0.05, 0.1) is 6.04 Å². The maximum absolute atomic E-state index is 17.2. The van der Waals surface area contributed by atoms with Crippen molar-refractivity contribution in [3.05, 3.63) is 95.3 Å². The van der Waals surface area contributed by atoms with Gasteiger partial charge in [0.25, 0.3) is 0 Å². The largest absolute Gasteiger partial charge is 0.364 e. The van der Waals surface area contributed by atoms with Crippen molar-refractivity contribution in [1.29, 1.82) is 0 Å². The van der Waals surface area contributed by atoms with Crippen LogP contribution in [0.25, 0.3) is 0 Å². The van der Waals surface area contributed by atoms with Crippen LogP contribution in [0.3, 0.4) is 0 Å². The van der Waals surface area contributed by atoms with Crippen molar-refractivity contribution >= 4 is 5.69 Å². The average molecular weight is 372 g/mol. The Balaban J connectivity index is 1.64. The number of hydrogen-bond donors (Lipinski definition) is 0. The van der Waals surface area contributed by atoms with Crippen molar-refractivity contribution in [1.82, 2.24) is 4.98 Å². The van der Waals surface area contributed by atoms with Crippen molar-refractivity contribution in [2.45, 2.75) is 43.8 Å². The highest BCUT2D eigenvalue weighted by Gasteiger charge is 2.48. The molecule has 5 rings (SSSR count). The highest BCUT2D eigenvalue weighted by molar-refractivity contribution is 5.59. The number of aromatic nitrogens is 1. The number of rotatable bonds is 4. The fourth-order valence-electron chi connectivity index (χ4n) is 5.10. The predicted octanol–water partition coefficient (Wildman–Crippen LogP) is 5.45. The quantitative estimate of drug-likeness (QED) is 0.605. The summed E-state index contributed by atoms with van der Waals surface area (Å²) in [4.78, 5) is 6.90. The zero-order valence-electron chi connectivity index (χ0n) is 16.0. The second-order valence-corrected chi connectivity index (χ2v) is 7.90. The molecule has 1 aromatic heterocycles. The monoisotopic (exact) mass is 372 g/mol. The van der Waals surface area contributed by atoms with E-state index in [1.54, 1.807) is 0 Å². The van der Waals surface area contributed by atoms with E-state index in [1.807, 2.05) is 66.9 Å². The molecule has 1 aliphatic carbocycles. The van der Waals surface area contributed by atoms with Crippen LogP contribution >= 0.6 is 0 Å². The second kappa shape index (κ2) is 7.05. The minimum absolute atomic E-state index is 0.218. The molecule has 3 heteroatoms. The van der Waals surface area contributed by atoms with E-state index in [2.05, 4.69) is 16.0 Å². The molecule has 2 aliphatic rings. The maximum atomic E-state index is 17.2. The van der Waals surface area contributed by atoms with E-state index in [4.69, 9.17) is 0 Å². The summed E-state index contributed by atoms with van der Waals surface area (Å²) < 4.78 is 17.2. The first-order chi connectivity index (χ1) is 13.8. The van der Waals surface area contributed by atoms with Gasteiger partial charge in [-0.2, -0.15) is 0 Å². The SMILES string of the molecule is FC(c1ccccc1)(c1ccccc1)[C@@H]1CCCN1c1ccnc2c1CCC2. The molecule has 28 heavy (non-hydrogen) atoms. The molecule has 3 aromatic rings. The molecule has 0 N–H and O–H groups in total. The fourth-order valence-corrected chi connectivity index (χ4v) is 5.10. The Labute approximate surface area is 166 Å². The van der Waals surface area contributed by atoms with E-state index in [-0.39, 0.29) is 6.04 Å². The van der Waals surface area contributed by atoms with Crippen molar-refractivity contribution < 1.29 is 4.39 Å². The van der Waals surface area contributed by atoms with Crippen LogP contribution in [-0.2, 0) is 18.5 Å². The maximum Gasteiger partial charge on any atom is 0.181 e. The van der Waals surface area contributed by atoms with Crippen molar-refractivity contribution in [2.75, 3.05) is 11.4 Å². The topological polar surface area (TPSA) is 16.1 Å². The lowest BCUT2D eigenvalue weighted by atomic mass is 9.80. The molecule has 0 amide bonds. The van der Waals surface area contributed by atoms with Crippen LogP contribution in [-0.4, -0.2) is 17.6 Å². The number of benzene rings is 2. The Hall–Kier alpha value is -2.68. The first kappa shape index (κ1) is 17.4. The second-order valence-electron chi connectivity index (χ2n) is 7.90. The molecule has 142 valence electrons. The summed E-state index contributed by atoms with van der Waals surface area (Å²) in [5.74, 6) is 0. The first-order valence-electron chi connectivity index (χ1n) is 10.3. The molecule has 0 radical (unpaired) electrons. The van der Waals surface area contributed by atoms with Gasteiger partial charge in [-0.05, 0) is 54.9 Å². The fraction of sp³-hybridized carbons (Fsp3) is 0.320. The molecular formula is C25H25FN2. The van der Waals surface area contributed by atoms with Gasteiger partial charge >= 0.3 is 0 Å². The lowest BCUT2D eigenvalue weighted by Crippen LogP contribution is -2.46. The Morgan fingerprint density at radius 2 is 1.54 bits per heavy atom. The van der Waals surface area contributed by atoms with Gasteiger partial charge in [0, 0.05) is 24.1 Å². The third-order valence-corrected chi connectivity index (χ3v) is 6.37. The first-order valence-corrected chi connectivity index (χ1v) is 10.3. The number of fused-ring (bicyclic) bond motifs is 1. The van der Waals surface area contributed by atoms with E-state index < -0.39 is 5.67 Å². The third-order valence-electron chi connectivity index (χ3n) is 6.37. The Morgan fingerprint density at radius 1 is 0.857 bits per heavy atom. The van der Waals surface area contributed by atoms with Gasteiger partial charge < -0.3 is 4.90 Å². The number of halogens is 1. The van der Waals surface area contributed by atoms with Gasteiger partial charge in [0.15, 0.2) is 5.67 Å². The Morgan fingerprint density at radius 3 is 2.21 bits per heavy atom. The van der Waals surface area contributed by atoms with Gasteiger partial charge in [0.1, 0.15) is 0 Å². The van der Waals surface area contributed by atoms with Crippen LogP contribution in [0.2, 0.25) is 0 Å². The van der Waals surface area contributed by atoms with E-state index >= 15 is 4.39 Å². The molecular weight excluding hydrogens is 347 g/mol. The number of hydrogen-bond acceptors (Lipinski definition) is 2. The van der Waals surface area contributed by atoms with Crippen molar-refractivity contribution in [3.63, 3.8) is 0 Å². The summed E-state index contributed by atoms with van der Waals surface area (Å²) in [6, 6.07) is 21.3. The molecule has 0 saturated carbocycles. The van der Waals surface area contributed by atoms with Gasteiger partial charge in [-0.1, -0.05) is 60.7 Å². The number of nitrogens with zero attached hydrogens (tertiary/aromatic N) is 2. The van der Waals surface area contributed by atoms with E-state index in [1.165, 1.54) is 16.9 Å². The summed E-state index contributed by atoms with van der Waals surface area (Å²) in [6.07, 6.45) is 7.00. The number of pyridine rings is 1. The molecule has 0 bridgehead atoms. The molecule has 0 spiro atoms. The molecule has 2 nitrogen and oxygen atoms in total. The van der Waals surface area contributed by atoms with Crippen LogP contribution in [0.1, 0.15) is 41.6 Å². The normalized spacial score (nSPS) is 19.0. The minimum Gasteiger partial charge on any atom is -0.364 e. The third kappa shape index (κ3) is 2.72. The van der Waals surface area contributed by atoms with Gasteiger partial charge in [-0.25, -0.2) is 4.39 Å². The number of alkyl halides is 1. The van der Waals surface area contributed by atoms with Gasteiger partial charge in [-0.15, -0.1) is 0 Å². The zero-order valence-corrected chi connectivity index (χ0v) is 16.0. The molecule has 1 fully saturated rings. The smallest absolute Gasteiger partial charge is 0.181 e. The summed E-state index contributed by atoms with van der Waals surface area (Å²) in [6.45, 7) is 0.895.